The fraction of sp³-hybridized carbons (Fsp3) is 0.235. The molecule has 0 saturated carbocycles. The van der Waals surface area contributed by atoms with Crippen molar-refractivity contribution in [2.45, 2.75) is 6.10 Å². The van der Waals surface area contributed by atoms with Gasteiger partial charge in [0.1, 0.15) is 12.4 Å². The molecular weight excluding hydrogens is 306 g/mol. The van der Waals surface area contributed by atoms with Gasteiger partial charge in [0.25, 0.3) is 0 Å². The molecular formula is C17H17N5O2. The van der Waals surface area contributed by atoms with Gasteiger partial charge in [-0.05, 0) is 18.2 Å². The van der Waals surface area contributed by atoms with Crippen molar-refractivity contribution >= 4 is 5.82 Å². The SMILES string of the molecule is CN(C[C@@H]1COc2ccccc2O1)c1cncc(-n2cccn2)n1. The number of ether oxygens (including phenoxy) is 2. The van der Waals surface area contributed by atoms with Crippen LogP contribution in [0.5, 0.6) is 11.5 Å². The van der Waals surface area contributed by atoms with E-state index in [1.165, 1.54) is 0 Å². The molecule has 1 aromatic carbocycles. The molecule has 0 bridgehead atoms. The van der Waals surface area contributed by atoms with Gasteiger partial charge in [-0.25, -0.2) is 9.67 Å². The third-order valence-electron chi connectivity index (χ3n) is 3.78. The first kappa shape index (κ1) is 14.5. The highest BCUT2D eigenvalue weighted by Crippen LogP contribution is 2.31. The maximum atomic E-state index is 5.99. The van der Waals surface area contributed by atoms with E-state index in [9.17, 15) is 0 Å². The highest BCUT2D eigenvalue weighted by Gasteiger charge is 2.22. The fourth-order valence-electron chi connectivity index (χ4n) is 2.60. The van der Waals surface area contributed by atoms with E-state index in [-0.39, 0.29) is 6.10 Å². The molecule has 0 fully saturated rings. The standard InChI is InChI=1S/C17H17N5O2/c1-21(11-13-12-23-14-5-2-3-6-15(14)24-13)16-9-18-10-17(20-16)22-8-4-7-19-22/h2-10,13H,11-12H2,1H3/t13-/m1/s1. The van der Waals surface area contributed by atoms with E-state index in [2.05, 4.69) is 15.1 Å². The first-order valence-corrected chi connectivity index (χ1v) is 7.71. The van der Waals surface area contributed by atoms with Crippen LogP contribution in [0.4, 0.5) is 5.82 Å². The van der Waals surface area contributed by atoms with E-state index in [1.54, 1.807) is 23.3 Å². The van der Waals surface area contributed by atoms with Crippen molar-refractivity contribution in [2.75, 3.05) is 25.1 Å². The van der Waals surface area contributed by atoms with E-state index in [1.807, 2.05) is 48.5 Å². The van der Waals surface area contributed by atoms with E-state index >= 15 is 0 Å². The number of fused-ring (bicyclic) bond motifs is 1. The Morgan fingerprint density at radius 3 is 2.92 bits per heavy atom. The number of para-hydroxylation sites is 2. The summed E-state index contributed by atoms with van der Waals surface area (Å²) < 4.78 is 13.4. The molecule has 0 spiro atoms. The molecule has 0 radical (unpaired) electrons. The molecule has 7 nitrogen and oxygen atoms in total. The van der Waals surface area contributed by atoms with Gasteiger partial charge in [0.15, 0.2) is 23.4 Å². The normalized spacial score (nSPS) is 16.0. The van der Waals surface area contributed by atoms with Crippen LogP contribution >= 0.6 is 0 Å². The van der Waals surface area contributed by atoms with Gasteiger partial charge in [0.05, 0.1) is 18.9 Å². The van der Waals surface area contributed by atoms with Gasteiger partial charge in [-0.3, -0.25) is 4.98 Å². The Labute approximate surface area is 139 Å². The molecule has 7 heteroatoms. The van der Waals surface area contributed by atoms with Crippen LogP contribution in [0.2, 0.25) is 0 Å². The van der Waals surface area contributed by atoms with Gasteiger partial charge in [-0.2, -0.15) is 5.10 Å². The van der Waals surface area contributed by atoms with Gasteiger partial charge in [0.2, 0.25) is 0 Å². The number of likely N-dealkylation sites (N-methyl/N-ethyl adjacent to an activating group) is 1. The summed E-state index contributed by atoms with van der Waals surface area (Å²) in [5.74, 6) is 3.00. The van der Waals surface area contributed by atoms with Crippen molar-refractivity contribution in [3.05, 3.63) is 55.1 Å². The van der Waals surface area contributed by atoms with E-state index in [0.29, 0.717) is 19.0 Å². The minimum atomic E-state index is -0.0694. The molecule has 1 aliphatic heterocycles. The van der Waals surface area contributed by atoms with Gasteiger partial charge < -0.3 is 14.4 Å². The number of hydrogen-bond donors (Lipinski definition) is 0. The zero-order valence-corrected chi connectivity index (χ0v) is 13.2. The quantitative estimate of drug-likeness (QED) is 0.731. The van der Waals surface area contributed by atoms with E-state index in [4.69, 9.17) is 9.47 Å². The van der Waals surface area contributed by atoms with Crippen LogP contribution in [0.25, 0.3) is 5.82 Å². The third-order valence-corrected chi connectivity index (χ3v) is 3.78. The van der Waals surface area contributed by atoms with Crippen molar-refractivity contribution in [3.63, 3.8) is 0 Å². The summed E-state index contributed by atoms with van der Waals surface area (Å²) in [5.41, 5.74) is 0. The fourth-order valence-corrected chi connectivity index (χ4v) is 2.60. The van der Waals surface area contributed by atoms with Crippen LogP contribution < -0.4 is 14.4 Å². The number of anilines is 1. The summed E-state index contributed by atoms with van der Waals surface area (Å²) in [6, 6.07) is 9.55. The molecule has 0 amide bonds. The first-order chi connectivity index (χ1) is 11.8. The Morgan fingerprint density at radius 2 is 2.08 bits per heavy atom. The van der Waals surface area contributed by atoms with Crippen LogP contribution in [0.15, 0.2) is 55.1 Å². The van der Waals surface area contributed by atoms with Gasteiger partial charge in [-0.1, -0.05) is 12.1 Å². The monoisotopic (exact) mass is 323 g/mol. The molecule has 4 rings (SSSR count). The lowest BCUT2D eigenvalue weighted by atomic mass is 10.2. The average molecular weight is 323 g/mol. The van der Waals surface area contributed by atoms with Crippen LogP contribution in [-0.4, -0.2) is 46.1 Å². The Balaban J connectivity index is 1.47. The van der Waals surface area contributed by atoms with Gasteiger partial charge in [-0.15, -0.1) is 0 Å². The van der Waals surface area contributed by atoms with Crippen molar-refractivity contribution in [3.8, 4) is 17.3 Å². The second-order valence-electron chi connectivity index (χ2n) is 5.56. The van der Waals surface area contributed by atoms with Crippen LogP contribution in [0.1, 0.15) is 0 Å². The molecule has 0 saturated heterocycles. The second-order valence-corrected chi connectivity index (χ2v) is 5.56. The van der Waals surface area contributed by atoms with E-state index < -0.39 is 0 Å². The van der Waals surface area contributed by atoms with Crippen molar-refractivity contribution in [2.24, 2.45) is 0 Å². The minimum absolute atomic E-state index is 0.0694. The molecule has 3 heterocycles. The van der Waals surface area contributed by atoms with Crippen LogP contribution in [0, 0.1) is 0 Å². The zero-order chi connectivity index (χ0) is 16.4. The summed E-state index contributed by atoms with van der Waals surface area (Å²) in [4.78, 5) is 10.8. The Hall–Kier alpha value is -3.09. The predicted octanol–water partition coefficient (Wildman–Crippen LogP) is 1.94. The molecule has 0 N–H and O–H groups in total. The highest BCUT2D eigenvalue weighted by atomic mass is 16.6. The topological polar surface area (TPSA) is 65.3 Å². The lowest BCUT2D eigenvalue weighted by Gasteiger charge is -2.30. The van der Waals surface area contributed by atoms with Crippen LogP contribution in [-0.2, 0) is 0 Å². The minimum Gasteiger partial charge on any atom is -0.486 e. The summed E-state index contributed by atoms with van der Waals surface area (Å²) in [7, 11) is 1.96. The van der Waals surface area contributed by atoms with Crippen molar-refractivity contribution in [1.82, 2.24) is 19.7 Å². The van der Waals surface area contributed by atoms with Gasteiger partial charge in [0, 0.05) is 19.4 Å². The Morgan fingerprint density at radius 1 is 1.21 bits per heavy atom. The second kappa shape index (κ2) is 6.19. The maximum Gasteiger partial charge on any atom is 0.173 e. The number of nitrogens with zero attached hydrogens (tertiary/aromatic N) is 5. The number of rotatable bonds is 4. The third kappa shape index (κ3) is 2.88. The van der Waals surface area contributed by atoms with Crippen molar-refractivity contribution < 1.29 is 9.47 Å². The zero-order valence-electron chi connectivity index (χ0n) is 13.2. The molecule has 122 valence electrons. The molecule has 0 unspecified atom stereocenters. The first-order valence-electron chi connectivity index (χ1n) is 7.71. The average Bonchev–Trinajstić information content (AvgIpc) is 3.16. The predicted molar refractivity (Wildman–Crippen MR) is 88.8 cm³/mol. The summed E-state index contributed by atoms with van der Waals surface area (Å²) in [5, 5.41) is 4.18. The molecule has 0 aliphatic carbocycles. The van der Waals surface area contributed by atoms with Crippen molar-refractivity contribution in [1.29, 1.82) is 0 Å². The summed E-state index contributed by atoms with van der Waals surface area (Å²) >= 11 is 0. The summed E-state index contributed by atoms with van der Waals surface area (Å²) in [6.07, 6.45) is 6.89. The van der Waals surface area contributed by atoms with Gasteiger partial charge >= 0.3 is 0 Å². The number of aromatic nitrogens is 4. The molecule has 1 aliphatic rings. The number of hydrogen-bond acceptors (Lipinski definition) is 6. The molecule has 24 heavy (non-hydrogen) atoms. The van der Waals surface area contributed by atoms with E-state index in [0.717, 1.165) is 17.3 Å². The summed E-state index contributed by atoms with van der Waals surface area (Å²) in [6.45, 7) is 1.15. The number of benzene rings is 1. The largest absolute Gasteiger partial charge is 0.486 e. The lowest BCUT2D eigenvalue weighted by Crippen LogP contribution is -2.39. The Kier molecular flexibility index (Phi) is 3.74. The molecule has 1 atom stereocenters. The Bertz CT molecular complexity index is 821. The molecule has 2 aromatic heterocycles. The maximum absolute atomic E-state index is 5.99. The highest BCUT2D eigenvalue weighted by molar-refractivity contribution is 5.42. The van der Waals surface area contributed by atoms with Crippen LogP contribution in [0.3, 0.4) is 0 Å². The lowest BCUT2D eigenvalue weighted by molar-refractivity contribution is 0.0959. The molecule has 3 aromatic rings. The smallest absolute Gasteiger partial charge is 0.173 e.